The number of hydrogen-bond donors (Lipinski definition) is 0. The fourth-order valence-electron chi connectivity index (χ4n) is 2.54. The first kappa shape index (κ1) is 16.8. The van der Waals surface area contributed by atoms with Crippen LogP contribution in [0.3, 0.4) is 0 Å². The van der Waals surface area contributed by atoms with Crippen molar-refractivity contribution in [2.24, 2.45) is 4.99 Å². The molecule has 0 fully saturated rings. The topological polar surface area (TPSA) is 12.4 Å². The van der Waals surface area contributed by atoms with E-state index in [0.717, 1.165) is 11.1 Å². The number of hydrogen-bond acceptors (Lipinski definition) is 1. The van der Waals surface area contributed by atoms with Crippen molar-refractivity contribution in [3.63, 3.8) is 0 Å². The molecule has 0 N–H and O–H groups in total. The van der Waals surface area contributed by atoms with E-state index in [1.54, 1.807) is 12.1 Å². The lowest BCUT2D eigenvalue weighted by Gasteiger charge is -2.09. The smallest absolute Gasteiger partial charge is 0.0736 e. The highest BCUT2D eigenvalue weighted by atomic mass is 35.5. The van der Waals surface area contributed by atoms with Crippen LogP contribution in [-0.2, 0) is 0 Å². The largest absolute Gasteiger partial charge is 0.285 e. The highest BCUT2D eigenvalue weighted by Gasteiger charge is 2.08. The van der Waals surface area contributed by atoms with E-state index in [4.69, 9.17) is 23.2 Å². The van der Waals surface area contributed by atoms with Gasteiger partial charge in [0.25, 0.3) is 0 Å². The maximum absolute atomic E-state index is 6.25. The van der Waals surface area contributed by atoms with Crippen LogP contribution in [-0.4, -0.2) is 6.21 Å². The van der Waals surface area contributed by atoms with Gasteiger partial charge < -0.3 is 0 Å². The van der Waals surface area contributed by atoms with Crippen LogP contribution in [0, 0.1) is 0 Å². The Morgan fingerprint density at radius 3 is 2.38 bits per heavy atom. The van der Waals surface area contributed by atoms with Crippen LogP contribution in [0.15, 0.2) is 77.8 Å². The summed E-state index contributed by atoms with van der Waals surface area (Å²) in [5.41, 5.74) is 4.35. The summed E-state index contributed by atoms with van der Waals surface area (Å²) in [5, 5.41) is 1.35. The van der Waals surface area contributed by atoms with Crippen molar-refractivity contribution in [2.75, 3.05) is 0 Å². The molecule has 0 aliphatic carbocycles. The molecule has 0 saturated carbocycles. The molecule has 1 nitrogen and oxygen atoms in total. The van der Waals surface area contributed by atoms with E-state index in [-0.39, 0.29) is 6.04 Å². The lowest BCUT2D eigenvalue weighted by atomic mass is 10.0. The zero-order valence-electron chi connectivity index (χ0n) is 13.3. The van der Waals surface area contributed by atoms with Crippen LogP contribution in [0.5, 0.6) is 0 Å². The predicted octanol–water partition coefficient (Wildman–Crippen LogP) is 6.84. The van der Waals surface area contributed by atoms with E-state index >= 15 is 0 Å². The maximum Gasteiger partial charge on any atom is 0.0736 e. The second kappa shape index (κ2) is 7.65. The third kappa shape index (κ3) is 4.05. The van der Waals surface area contributed by atoms with Gasteiger partial charge in [-0.3, -0.25) is 4.99 Å². The molecule has 120 valence electrons. The Morgan fingerprint density at radius 1 is 0.833 bits per heavy atom. The van der Waals surface area contributed by atoms with Crippen LogP contribution in [0.2, 0.25) is 10.0 Å². The van der Waals surface area contributed by atoms with Crippen molar-refractivity contribution in [3.8, 4) is 11.1 Å². The molecule has 0 amide bonds. The van der Waals surface area contributed by atoms with E-state index in [9.17, 15) is 0 Å². The summed E-state index contributed by atoms with van der Waals surface area (Å²) in [6.45, 7) is 2.01. The van der Waals surface area contributed by atoms with Crippen molar-refractivity contribution in [2.45, 2.75) is 13.0 Å². The first-order valence-corrected chi connectivity index (χ1v) is 8.53. The molecule has 0 spiro atoms. The monoisotopic (exact) mass is 353 g/mol. The minimum absolute atomic E-state index is 0.0587. The second-order valence-corrected chi connectivity index (χ2v) is 6.46. The molecule has 24 heavy (non-hydrogen) atoms. The summed E-state index contributed by atoms with van der Waals surface area (Å²) >= 11 is 12.3. The molecule has 0 aliphatic heterocycles. The van der Waals surface area contributed by atoms with Gasteiger partial charge in [0, 0.05) is 16.3 Å². The third-order valence-electron chi connectivity index (χ3n) is 3.85. The van der Waals surface area contributed by atoms with Gasteiger partial charge in [-0.2, -0.15) is 0 Å². The van der Waals surface area contributed by atoms with E-state index in [1.807, 2.05) is 49.5 Å². The molecule has 3 heteroatoms. The van der Waals surface area contributed by atoms with E-state index in [1.165, 1.54) is 11.1 Å². The molecule has 3 aromatic carbocycles. The van der Waals surface area contributed by atoms with Crippen molar-refractivity contribution in [1.29, 1.82) is 0 Å². The quantitative estimate of drug-likeness (QED) is 0.455. The summed E-state index contributed by atoms with van der Waals surface area (Å²) in [6.07, 6.45) is 1.88. The van der Waals surface area contributed by atoms with Gasteiger partial charge >= 0.3 is 0 Å². The molecule has 0 aliphatic rings. The first-order chi connectivity index (χ1) is 11.6. The van der Waals surface area contributed by atoms with Gasteiger partial charge in [-0.15, -0.1) is 0 Å². The Kier molecular flexibility index (Phi) is 5.34. The summed E-state index contributed by atoms with van der Waals surface area (Å²) in [5.74, 6) is 0. The molecule has 0 bridgehead atoms. The summed E-state index contributed by atoms with van der Waals surface area (Å²) in [4.78, 5) is 4.63. The molecular weight excluding hydrogens is 337 g/mol. The van der Waals surface area contributed by atoms with Crippen molar-refractivity contribution >= 4 is 29.4 Å². The molecule has 0 saturated heterocycles. The normalized spacial score (nSPS) is 12.5. The lowest BCUT2D eigenvalue weighted by Crippen LogP contribution is -1.93. The van der Waals surface area contributed by atoms with E-state index in [2.05, 4.69) is 29.3 Å². The van der Waals surface area contributed by atoms with Gasteiger partial charge in [0.1, 0.15) is 0 Å². The SMILES string of the molecule is CC(/N=C/c1cccc(-c2ccccc2)c1)c1cc(Cl)ccc1Cl. The minimum Gasteiger partial charge on any atom is -0.285 e. The summed E-state index contributed by atoms with van der Waals surface area (Å²) in [6, 6.07) is 24.0. The molecule has 0 aromatic heterocycles. The van der Waals surface area contributed by atoms with Crippen LogP contribution in [0.25, 0.3) is 11.1 Å². The van der Waals surface area contributed by atoms with Crippen LogP contribution >= 0.6 is 23.2 Å². The average Bonchev–Trinajstić information content (AvgIpc) is 2.63. The fraction of sp³-hybridized carbons (Fsp3) is 0.0952. The lowest BCUT2D eigenvalue weighted by molar-refractivity contribution is 0.825. The standard InChI is InChI=1S/C21H17Cl2N/c1-15(20-13-19(22)10-11-21(20)23)24-14-16-6-5-9-18(12-16)17-7-3-2-4-8-17/h2-15H,1H3/b24-14+. The van der Waals surface area contributed by atoms with Gasteiger partial charge in [-0.1, -0.05) is 71.7 Å². The van der Waals surface area contributed by atoms with Crippen LogP contribution in [0.4, 0.5) is 0 Å². The molecule has 0 heterocycles. The van der Waals surface area contributed by atoms with Crippen LogP contribution in [0.1, 0.15) is 24.1 Å². The van der Waals surface area contributed by atoms with Gasteiger partial charge in [-0.25, -0.2) is 0 Å². The molecule has 3 aromatic rings. The van der Waals surface area contributed by atoms with Gasteiger partial charge in [0.05, 0.1) is 6.04 Å². The van der Waals surface area contributed by atoms with Crippen LogP contribution < -0.4 is 0 Å². The van der Waals surface area contributed by atoms with E-state index in [0.29, 0.717) is 10.0 Å². The Hall–Kier alpha value is -2.09. The molecule has 1 atom stereocenters. The average molecular weight is 354 g/mol. The van der Waals surface area contributed by atoms with Gasteiger partial charge in [-0.05, 0) is 53.4 Å². The van der Waals surface area contributed by atoms with Crippen molar-refractivity contribution in [3.05, 3.63) is 94.0 Å². The Bertz CT molecular complexity index is 857. The first-order valence-electron chi connectivity index (χ1n) is 7.77. The predicted molar refractivity (Wildman–Crippen MR) is 104 cm³/mol. The highest BCUT2D eigenvalue weighted by Crippen LogP contribution is 2.28. The highest BCUT2D eigenvalue weighted by molar-refractivity contribution is 6.33. The third-order valence-corrected chi connectivity index (χ3v) is 4.43. The van der Waals surface area contributed by atoms with Gasteiger partial charge in [0.2, 0.25) is 0 Å². The van der Waals surface area contributed by atoms with Crippen molar-refractivity contribution < 1.29 is 0 Å². The zero-order chi connectivity index (χ0) is 16.9. The van der Waals surface area contributed by atoms with Crippen molar-refractivity contribution in [1.82, 2.24) is 0 Å². The summed E-state index contributed by atoms with van der Waals surface area (Å²) in [7, 11) is 0. The number of aliphatic imine (C=N–C) groups is 1. The number of rotatable bonds is 4. The Labute approximate surface area is 152 Å². The minimum atomic E-state index is -0.0587. The van der Waals surface area contributed by atoms with Gasteiger partial charge in [0.15, 0.2) is 0 Å². The fourth-order valence-corrected chi connectivity index (χ4v) is 3.00. The van der Waals surface area contributed by atoms with E-state index < -0.39 is 0 Å². The Morgan fingerprint density at radius 2 is 1.58 bits per heavy atom. The molecular formula is C21H17Cl2N. The molecule has 1 unspecified atom stereocenters. The molecule has 3 rings (SSSR count). The number of halogens is 2. The number of nitrogens with zero attached hydrogens (tertiary/aromatic N) is 1. The second-order valence-electron chi connectivity index (χ2n) is 5.61. The zero-order valence-corrected chi connectivity index (χ0v) is 14.8. The maximum atomic E-state index is 6.25. The molecule has 0 radical (unpaired) electrons. The number of benzene rings is 3. The Balaban J connectivity index is 1.83. The summed E-state index contributed by atoms with van der Waals surface area (Å²) < 4.78 is 0.